The summed E-state index contributed by atoms with van der Waals surface area (Å²) in [5.74, 6) is 0.297. The standard InChI is InChI=1S/C18H11ClF3N5O2/c1-28-11-5-2-4-9(13(11)19)14-12(17-23-6-3-7-24-17)15(29-27-14)10-8-25-26-16(10)18(20,21)22/h2-8H,1H3,(H,25,26). The predicted molar refractivity (Wildman–Crippen MR) is 97.1 cm³/mol. The van der Waals surface area contributed by atoms with E-state index in [2.05, 4.69) is 20.2 Å². The number of ether oxygens (including phenoxy) is 1. The summed E-state index contributed by atoms with van der Waals surface area (Å²) in [5.41, 5.74) is -0.690. The minimum Gasteiger partial charge on any atom is -0.495 e. The van der Waals surface area contributed by atoms with Gasteiger partial charge in [-0.2, -0.15) is 18.3 Å². The van der Waals surface area contributed by atoms with Crippen LogP contribution in [0.25, 0.3) is 34.0 Å². The van der Waals surface area contributed by atoms with E-state index in [1.807, 2.05) is 5.10 Å². The van der Waals surface area contributed by atoms with E-state index in [1.165, 1.54) is 19.5 Å². The zero-order valence-corrected chi connectivity index (χ0v) is 15.4. The van der Waals surface area contributed by atoms with Gasteiger partial charge in [0.2, 0.25) is 0 Å². The molecule has 0 aliphatic rings. The predicted octanol–water partition coefficient (Wildman–Crippen LogP) is 4.87. The van der Waals surface area contributed by atoms with Crippen molar-refractivity contribution in [1.82, 2.24) is 25.3 Å². The Balaban J connectivity index is 2.01. The smallest absolute Gasteiger partial charge is 0.433 e. The fraction of sp³-hybridized carbons (Fsp3) is 0.111. The van der Waals surface area contributed by atoms with Crippen molar-refractivity contribution >= 4 is 11.6 Å². The maximum atomic E-state index is 13.4. The van der Waals surface area contributed by atoms with Crippen molar-refractivity contribution < 1.29 is 22.4 Å². The number of rotatable bonds is 4. The summed E-state index contributed by atoms with van der Waals surface area (Å²) in [4.78, 5) is 8.29. The van der Waals surface area contributed by atoms with Crippen molar-refractivity contribution in [2.75, 3.05) is 7.11 Å². The Kier molecular flexibility index (Phi) is 4.71. The van der Waals surface area contributed by atoms with Gasteiger partial charge in [-0.3, -0.25) is 5.10 Å². The number of H-pyrrole nitrogens is 1. The van der Waals surface area contributed by atoms with Gasteiger partial charge in [0.25, 0.3) is 0 Å². The van der Waals surface area contributed by atoms with Gasteiger partial charge in [0.05, 0.1) is 29.5 Å². The first kappa shape index (κ1) is 18.9. The van der Waals surface area contributed by atoms with Crippen molar-refractivity contribution in [3.05, 3.63) is 53.6 Å². The van der Waals surface area contributed by atoms with Crippen LogP contribution in [0.1, 0.15) is 5.69 Å². The van der Waals surface area contributed by atoms with E-state index in [1.54, 1.807) is 24.3 Å². The van der Waals surface area contributed by atoms with E-state index in [0.29, 0.717) is 11.3 Å². The first-order chi connectivity index (χ1) is 13.9. The van der Waals surface area contributed by atoms with Crippen LogP contribution in [0.4, 0.5) is 13.2 Å². The van der Waals surface area contributed by atoms with E-state index in [9.17, 15) is 13.2 Å². The Morgan fingerprint density at radius 2 is 1.86 bits per heavy atom. The highest BCUT2D eigenvalue weighted by molar-refractivity contribution is 6.35. The van der Waals surface area contributed by atoms with Crippen LogP contribution in [-0.2, 0) is 6.18 Å². The Morgan fingerprint density at radius 1 is 1.10 bits per heavy atom. The Labute approximate surface area is 166 Å². The SMILES string of the molecule is COc1cccc(-c2noc(-c3cn[nH]c3C(F)(F)F)c2-c2ncccn2)c1Cl. The first-order valence-electron chi connectivity index (χ1n) is 8.12. The lowest BCUT2D eigenvalue weighted by Crippen LogP contribution is -2.07. The second-order valence-corrected chi connectivity index (χ2v) is 6.16. The molecule has 29 heavy (non-hydrogen) atoms. The molecule has 0 atom stereocenters. The highest BCUT2D eigenvalue weighted by Gasteiger charge is 2.38. The van der Waals surface area contributed by atoms with Crippen LogP contribution in [0.3, 0.4) is 0 Å². The number of benzene rings is 1. The summed E-state index contributed by atoms with van der Waals surface area (Å²) < 4.78 is 50.7. The van der Waals surface area contributed by atoms with Gasteiger partial charge in [-0.25, -0.2) is 9.97 Å². The molecule has 3 aromatic heterocycles. The molecule has 0 bridgehead atoms. The normalized spacial score (nSPS) is 11.6. The minimum absolute atomic E-state index is 0.118. The molecule has 0 saturated carbocycles. The number of aromatic amines is 1. The van der Waals surface area contributed by atoms with Gasteiger partial charge in [-0.15, -0.1) is 0 Å². The van der Waals surface area contributed by atoms with Gasteiger partial charge < -0.3 is 9.26 Å². The van der Waals surface area contributed by atoms with Crippen LogP contribution < -0.4 is 4.74 Å². The molecule has 0 spiro atoms. The van der Waals surface area contributed by atoms with Crippen molar-refractivity contribution in [1.29, 1.82) is 0 Å². The highest BCUT2D eigenvalue weighted by atomic mass is 35.5. The number of hydrogen-bond acceptors (Lipinski definition) is 6. The van der Waals surface area contributed by atoms with Gasteiger partial charge in [-0.1, -0.05) is 28.9 Å². The minimum atomic E-state index is -4.68. The average Bonchev–Trinajstić information content (AvgIpc) is 3.35. The number of halogens is 4. The number of nitrogens with one attached hydrogen (secondary N) is 1. The maximum Gasteiger partial charge on any atom is 0.433 e. The van der Waals surface area contributed by atoms with Crippen LogP contribution in [0.2, 0.25) is 5.02 Å². The number of nitrogens with zero attached hydrogens (tertiary/aromatic N) is 4. The quantitative estimate of drug-likeness (QED) is 0.505. The van der Waals surface area contributed by atoms with Gasteiger partial charge in [0.15, 0.2) is 17.3 Å². The molecule has 1 N–H and O–H groups in total. The van der Waals surface area contributed by atoms with Gasteiger partial charge >= 0.3 is 6.18 Å². The third-order valence-corrected chi connectivity index (χ3v) is 4.48. The summed E-state index contributed by atoms with van der Waals surface area (Å²) in [7, 11) is 1.45. The van der Waals surface area contributed by atoms with Gasteiger partial charge in [0, 0.05) is 18.0 Å². The third kappa shape index (κ3) is 3.31. The van der Waals surface area contributed by atoms with E-state index >= 15 is 0 Å². The molecule has 0 fully saturated rings. The first-order valence-corrected chi connectivity index (χ1v) is 8.50. The number of hydrogen-bond donors (Lipinski definition) is 1. The fourth-order valence-corrected chi connectivity index (χ4v) is 3.11. The second kappa shape index (κ2) is 7.21. The van der Waals surface area contributed by atoms with Crippen LogP contribution in [-0.4, -0.2) is 32.4 Å². The van der Waals surface area contributed by atoms with Crippen molar-refractivity contribution in [3.63, 3.8) is 0 Å². The number of methoxy groups -OCH3 is 1. The molecule has 11 heteroatoms. The van der Waals surface area contributed by atoms with Crippen LogP contribution >= 0.6 is 11.6 Å². The van der Waals surface area contributed by atoms with Crippen molar-refractivity contribution in [2.24, 2.45) is 0 Å². The van der Waals surface area contributed by atoms with E-state index < -0.39 is 11.9 Å². The average molecular weight is 422 g/mol. The number of aromatic nitrogens is 5. The molecule has 148 valence electrons. The molecule has 0 aliphatic heterocycles. The summed E-state index contributed by atoms with van der Waals surface area (Å²) in [6.45, 7) is 0. The fourth-order valence-electron chi connectivity index (χ4n) is 2.82. The molecule has 3 heterocycles. The van der Waals surface area contributed by atoms with E-state index in [4.69, 9.17) is 20.9 Å². The zero-order valence-electron chi connectivity index (χ0n) is 14.7. The molecular formula is C18H11ClF3N5O2. The molecule has 4 aromatic rings. The summed E-state index contributed by atoms with van der Waals surface area (Å²) >= 11 is 6.39. The van der Waals surface area contributed by atoms with Crippen molar-refractivity contribution in [3.8, 4) is 39.7 Å². The van der Waals surface area contributed by atoms with Crippen LogP contribution in [0, 0.1) is 0 Å². The van der Waals surface area contributed by atoms with Crippen LogP contribution in [0.15, 0.2) is 47.4 Å². The summed E-state index contributed by atoms with van der Waals surface area (Å²) in [6.07, 6.45) is -0.764. The second-order valence-electron chi connectivity index (χ2n) is 5.79. The molecular weight excluding hydrogens is 411 g/mol. The largest absolute Gasteiger partial charge is 0.495 e. The number of alkyl halides is 3. The topological polar surface area (TPSA) is 89.7 Å². The zero-order chi connectivity index (χ0) is 20.6. The Bertz CT molecular complexity index is 1160. The molecule has 1 aromatic carbocycles. The van der Waals surface area contributed by atoms with Crippen LogP contribution in [0.5, 0.6) is 5.75 Å². The van der Waals surface area contributed by atoms with E-state index in [0.717, 1.165) is 6.20 Å². The monoisotopic (exact) mass is 421 g/mol. The lowest BCUT2D eigenvalue weighted by molar-refractivity contribution is -0.140. The summed E-state index contributed by atoms with van der Waals surface area (Å²) in [6, 6.07) is 6.53. The Morgan fingerprint density at radius 3 is 2.55 bits per heavy atom. The van der Waals surface area contributed by atoms with Gasteiger partial charge in [0.1, 0.15) is 11.4 Å². The van der Waals surface area contributed by atoms with E-state index in [-0.39, 0.29) is 33.4 Å². The lowest BCUT2D eigenvalue weighted by Gasteiger charge is -2.09. The maximum absolute atomic E-state index is 13.4. The Hall–Kier alpha value is -3.40. The lowest BCUT2D eigenvalue weighted by atomic mass is 10.0. The molecule has 0 aliphatic carbocycles. The molecule has 7 nitrogen and oxygen atoms in total. The summed E-state index contributed by atoms with van der Waals surface area (Å²) in [5, 5.41) is 9.65. The molecule has 0 unspecified atom stereocenters. The van der Waals surface area contributed by atoms with Gasteiger partial charge in [-0.05, 0) is 12.1 Å². The molecule has 4 rings (SSSR count). The molecule has 0 radical (unpaired) electrons. The molecule has 0 amide bonds. The highest BCUT2D eigenvalue weighted by Crippen LogP contribution is 2.45. The molecule has 0 saturated heterocycles. The van der Waals surface area contributed by atoms with Crippen molar-refractivity contribution in [2.45, 2.75) is 6.18 Å². The third-order valence-electron chi connectivity index (χ3n) is 4.09.